The van der Waals surface area contributed by atoms with Crippen LogP contribution in [0.3, 0.4) is 0 Å². The second kappa shape index (κ2) is 10.0. The number of nitrogens with zero attached hydrogens (tertiary/aromatic N) is 1. The van der Waals surface area contributed by atoms with Crippen molar-refractivity contribution in [2.75, 3.05) is 6.54 Å². The lowest BCUT2D eigenvalue weighted by Crippen LogP contribution is -2.34. The molecule has 0 saturated heterocycles. The number of thioether (sulfide) groups is 1. The molecule has 1 amide bonds. The van der Waals surface area contributed by atoms with E-state index in [1.165, 1.54) is 10.4 Å². The number of rotatable bonds is 8. The van der Waals surface area contributed by atoms with Crippen molar-refractivity contribution in [3.63, 3.8) is 0 Å². The molecule has 1 unspecified atom stereocenters. The minimum atomic E-state index is -0.195. The molecule has 1 aromatic carbocycles. The zero-order valence-corrected chi connectivity index (χ0v) is 17.5. The number of halogens is 1. The third kappa shape index (κ3) is 6.18. The van der Waals surface area contributed by atoms with Gasteiger partial charge in [0.05, 0.1) is 16.6 Å². The highest BCUT2D eigenvalue weighted by molar-refractivity contribution is 9.10. The average Bonchev–Trinajstić information content (AvgIpc) is 3.02. The normalized spacial score (nSPS) is 13.2. The van der Waals surface area contributed by atoms with E-state index < -0.39 is 0 Å². The van der Waals surface area contributed by atoms with Gasteiger partial charge in [-0.05, 0) is 39.9 Å². The molecule has 0 fully saturated rings. The summed E-state index contributed by atoms with van der Waals surface area (Å²) in [6, 6.07) is 14.4. The molecule has 0 aliphatic carbocycles. The summed E-state index contributed by atoms with van der Waals surface area (Å²) < 4.78 is 1.06. The highest BCUT2D eigenvalue weighted by Gasteiger charge is 2.27. The number of thiophene rings is 1. The van der Waals surface area contributed by atoms with Gasteiger partial charge in [-0.3, -0.25) is 4.79 Å². The monoisotopic (exact) mass is 436 g/mol. The van der Waals surface area contributed by atoms with E-state index in [0.29, 0.717) is 5.92 Å². The van der Waals surface area contributed by atoms with Crippen molar-refractivity contribution >= 4 is 44.9 Å². The highest BCUT2D eigenvalue weighted by Crippen LogP contribution is 2.43. The van der Waals surface area contributed by atoms with Gasteiger partial charge in [-0.2, -0.15) is 5.26 Å². The summed E-state index contributed by atoms with van der Waals surface area (Å²) in [5.41, 5.74) is 1.18. The van der Waals surface area contributed by atoms with Gasteiger partial charge in [0.2, 0.25) is 5.91 Å². The largest absolute Gasteiger partial charge is 0.342 e. The van der Waals surface area contributed by atoms with Crippen molar-refractivity contribution in [2.45, 2.75) is 30.8 Å². The van der Waals surface area contributed by atoms with Crippen LogP contribution >= 0.6 is 39.0 Å². The molecule has 1 heterocycles. The molecule has 0 aliphatic rings. The molecule has 132 valence electrons. The van der Waals surface area contributed by atoms with Crippen LogP contribution in [0.4, 0.5) is 0 Å². The van der Waals surface area contributed by atoms with Gasteiger partial charge in [0.1, 0.15) is 6.54 Å². The zero-order chi connectivity index (χ0) is 18.2. The number of benzene rings is 1. The number of nitrogens with one attached hydrogen (secondary N) is 1. The lowest BCUT2D eigenvalue weighted by Gasteiger charge is -2.23. The molecule has 0 radical (unpaired) electrons. The van der Waals surface area contributed by atoms with Crippen LogP contribution in [-0.4, -0.2) is 17.7 Å². The van der Waals surface area contributed by atoms with Gasteiger partial charge in [0.15, 0.2) is 0 Å². The van der Waals surface area contributed by atoms with Crippen molar-refractivity contribution in [2.24, 2.45) is 5.92 Å². The maximum absolute atomic E-state index is 12.6. The summed E-state index contributed by atoms with van der Waals surface area (Å²) in [4.78, 5) is 13.8. The van der Waals surface area contributed by atoms with Crippen molar-refractivity contribution < 1.29 is 4.79 Å². The standard InChI is InChI=1S/C19H21BrN2OS2/c1-13(2)10-17(19(23)22-9-8-21)25-18(14-6-4-3-5-7-14)16-11-15(20)12-24-16/h3-7,11-13,17-18H,9-10H2,1-2H3,(H,22,23)/t17-,18?/m0/s1. The van der Waals surface area contributed by atoms with Gasteiger partial charge < -0.3 is 5.32 Å². The van der Waals surface area contributed by atoms with Gasteiger partial charge >= 0.3 is 0 Å². The third-order valence-electron chi connectivity index (χ3n) is 3.57. The molecule has 0 bridgehead atoms. The van der Waals surface area contributed by atoms with Crippen LogP contribution in [0.25, 0.3) is 0 Å². The first kappa shape index (κ1) is 20.0. The molecular formula is C19H21BrN2OS2. The Bertz CT molecular complexity index is 725. The molecule has 0 aliphatic heterocycles. The molecule has 25 heavy (non-hydrogen) atoms. The Hall–Kier alpha value is -1.29. The number of hydrogen-bond acceptors (Lipinski definition) is 4. The summed E-state index contributed by atoms with van der Waals surface area (Å²) >= 11 is 6.88. The Labute approximate surface area is 166 Å². The van der Waals surface area contributed by atoms with E-state index in [4.69, 9.17) is 5.26 Å². The highest BCUT2D eigenvalue weighted by atomic mass is 79.9. The number of nitriles is 1. The molecule has 2 rings (SSSR count). The average molecular weight is 437 g/mol. The Morgan fingerprint density at radius 2 is 2.08 bits per heavy atom. The maximum Gasteiger partial charge on any atom is 0.233 e. The van der Waals surface area contributed by atoms with E-state index in [-0.39, 0.29) is 23.0 Å². The van der Waals surface area contributed by atoms with E-state index in [2.05, 4.69) is 58.7 Å². The van der Waals surface area contributed by atoms with E-state index in [1.807, 2.05) is 24.3 Å². The van der Waals surface area contributed by atoms with Crippen LogP contribution in [0.5, 0.6) is 0 Å². The van der Waals surface area contributed by atoms with Crippen molar-refractivity contribution in [1.29, 1.82) is 5.26 Å². The fourth-order valence-corrected chi connectivity index (χ4v) is 5.79. The van der Waals surface area contributed by atoms with Gasteiger partial charge in [-0.1, -0.05) is 44.2 Å². The first-order valence-electron chi connectivity index (χ1n) is 8.10. The van der Waals surface area contributed by atoms with E-state index in [1.54, 1.807) is 23.1 Å². The summed E-state index contributed by atoms with van der Waals surface area (Å²) in [7, 11) is 0. The van der Waals surface area contributed by atoms with Crippen molar-refractivity contribution in [1.82, 2.24) is 5.32 Å². The first-order chi connectivity index (χ1) is 12.0. The molecule has 3 nitrogen and oxygen atoms in total. The van der Waals surface area contributed by atoms with Gasteiger partial charge in [0.25, 0.3) is 0 Å². The van der Waals surface area contributed by atoms with Crippen LogP contribution in [-0.2, 0) is 4.79 Å². The SMILES string of the molecule is CC(C)C[C@H](SC(c1ccccc1)c1cc(Br)cs1)C(=O)NCC#N. The van der Waals surface area contributed by atoms with Crippen LogP contribution < -0.4 is 5.32 Å². The molecule has 6 heteroatoms. The fraction of sp³-hybridized carbons (Fsp3) is 0.368. The zero-order valence-electron chi connectivity index (χ0n) is 14.2. The molecule has 1 N–H and O–H groups in total. The summed E-state index contributed by atoms with van der Waals surface area (Å²) in [6.07, 6.45) is 0.776. The number of amides is 1. The van der Waals surface area contributed by atoms with Crippen molar-refractivity contribution in [3.8, 4) is 6.07 Å². The molecule has 2 aromatic rings. The van der Waals surface area contributed by atoms with Crippen molar-refractivity contribution in [3.05, 3.63) is 56.7 Å². The first-order valence-corrected chi connectivity index (χ1v) is 10.7. The Kier molecular flexibility index (Phi) is 8.01. The molecule has 0 spiro atoms. The van der Waals surface area contributed by atoms with E-state index in [0.717, 1.165) is 10.9 Å². The smallest absolute Gasteiger partial charge is 0.233 e. The molecule has 0 saturated carbocycles. The molecule has 2 atom stereocenters. The minimum absolute atomic E-state index is 0.0501. The Morgan fingerprint density at radius 3 is 2.64 bits per heavy atom. The number of carbonyl (C=O) groups excluding carboxylic acids is 1. The molecule has 1 aromatic heterocycles. The molecular weight excluding hydrogens is 416 g/mol. The summed E-state index contributed by atoms with van der Waals surface area (Å²) in [6.45, 7) is 4.28. The van der Waals surface area contributed by atoms with Gasteiger partial charge in [-0.15, -0.1) is 23.1 Å². The van der Waals surface area contributed by atoms with Crippen LogP contribution in [0.1, 0.15) is 36.0 Å². The fourth-order valence-electron chi connectivity index (χ4n) is 2.46. The third-order valence-corrected chi connectivity index (χ3v) is 7.01. The van der Waals surface area contributed by atoms with E-state index >= 15 is 0 Å². The lowest BCUT2D eigenvalue weighted by molar-refractivity contribution is -0.120. The predicted molar refractivity (Wildman–Crippen MR) is 110 cm³/mol. The second-order valence-electron chi connectivity index (χ2n) is 6.09. The maximum atomic E-state index is 12.6. The quantitative estimate of drug-likeness (QED) is 0.564. The lowest BCUT2D eigenvalue weighted by atomic mass is 10.1. The van der Waals surface area contributed by atoms with Gasteiger partial charge in [0, 0.05) is 14.7 Å². The summed E-state index contributed by atoms with van der Waals surface area (Å²) in [5, 5.41) is 13.4. The Balaban J connectivity index is 2.28. The second-order valence-corrected chi connectivity index (χ2v) is 9.26. The van der Waals surface area contributed by atoms with Crippen LogP contribution in [0, 0.1) is 17.2 Å². The summed E-state index contributed by atoms with van der Waals surface area (Å²) in [5.74, 6) is 0.341. The van der Waals surface area contributed by atoms with E-state index in [9.17, 15) is 4.79 Å². The number of carbonyl (C=O) groups is 1. The number of hydrogen-bond donors (Lipinski definition) is 1. The van der Waals surface area contributed by atoms with Crippen LogP contribution in [0.2, 0.25) is 0 Å². The topological polar surface area (TPSA) is 52.9 Å². The van der Waals surface area contributed by atoms with Gasteiger partial charge in [-0.25, -0.2) is 0 Å². The Morgan fingerprint density at radius 1 is 1.36 bits per heavy atom. The van der Waals surface area contributed by atoms with Crippen LogP contribution in [0.15, 0.2) is 46.3 Å². The minimum Gasteiger partial charge on any atom is -0.342 e. The predicted octanol–water partition coefficient (Wildman–Crippen LogP) is 5.39.